The van der Waals surface area contributed by atoms with E-state index < -0.39 is 22.7 Å². The van der Waals surface area contributed by atoms with Gasteiger partial charge in [0.15, 0.2) is 8.32 Å². The summed E-state index contributed by atoms with van der Waals surface area (Å²) in [5, 5.41) is 12.8. The van der Waals surface area contributed by atoms with Gasteiger partial charge in [-0.1, -0.05) is 96.4 Å². The highest BCUT2D eigenvalue weighted by Gasteiger charge is 2.63. The van der Waals surface area contributed by atoms with E-state index in [1.807, 2.05) is 0 Å². The molecule has 32 heavy (non-hydrogen) atoms. The summed E-state index contributed by atoms with van der Waals surface area (Å²) in [6.45, 7) is 30.8. The molecule has 0 saturated carbocycles. The van der Waals surface area contributed by atoms with Crippen molar-refractivity contribution >= 4 is 16.6 Å². The molecule has 1 aliphatic heterocycles. The standard InChI is InChI=1S/C27H54O3Si2/c1-14-15-16-17-25-23(18-30-32(25,26(8,9)10)27(11,12)13)24(28)19-29-31(20(2)3,21(4)5)22(6)7/h16,20-24,28H,14-15,18-19H2,1-13H3/t17?,23-,24-/m0/s1. The van der Waals surface area contributed by atoms with Gasteiger partial charge in [-0.15, -0.1) is 5.73 Å². The van der Waals surface area contributed by atoms with Gasteiger partial charge in [0.2, 0.25) is 8.32 Å². The van der Waals surface area contributed by atoms with Crippen molar-refractivity contribution in [1.29, 1.82) is 0 Å². The number of hydrogen-bond donors (Lipinski definition) is 1. The van der Waals surface area contributed by atoms with Gasteiger partial charge in [0.05, 0.1) is 12.7 Å². The molecule has 0 aromatic rings. The Bertz CT molecular complexity index is 626. The van der Waals surface area contributed by atoms with E-state index in [-0.39, 0.29) is 16.0 Å². The predicted molar refractivity (Wildman–Crippen MR) is 144 cm³/mol. The fourth-order valence-electron chi connectivity index (χ4n) is 6.69. The van der Waals surface area contributed by atoms with Crippen molar-refractivity contribution in [3.05, 3.63) is 17.0 Å². The van der Waals surface area contributed by atoms with Crippen LogP contribution in [0.3, 0.4) is 0 Å². The number of aliphatic hydroxyl groups is 1. The fraction of sp³-hybridized carbons (Fsp3) is 0.889. The molecule has 0 amide bonds. The predicted octanol–water partition coefficient (Wildman–Crippen LogP) is 8.15. The Kier molecular flexibility index (Phi) is 10.3. The van der Waals surface area contributed by atoms with Crippen LogP contribution in [0.2, 0.25) is 26.7 Å². The normalized spacial score (nSPS) is 20.9. The van der Waals surface area contributed by atoms with Gasteiger partial charge in [-0.25, -0.2) is 0 Å². The molecule has 0 radical (unpaired) electrons. The molecule has 1 aliphatic rings. The van der Waals surface area contributed by atoms with Crippen LogP contribution in [0.4, 0.5) is 0 Å². The minimum Gasteiger partial charge on any atom is -0.413 e. The van der Waals surface area contributed by atoms with Gasteiger partial charge in [0, 0.05) is 12.5 Å². The van der Waals surface area contributed by atoms with E-state index in [2.05, 4.69) is 102 Å². The largest absolute Gasteiger partial charge is 0.413 e. The smallest absolute Gasteiger partial charge is 0.238 e. The van der Waals surface area contributed by atoms with Crippen molar-refractivity contribution in [1.82, 2.24) is 0 Å². The summed E-state index contributed by atoms with van der Waals surface area (Å²) in [6, 6.07) is 0. The summed E-state index contributed by atoms with van der Waals surface area (Å²) >= 11 is 0. The molecule has 0 spiro atoms. The molecule has 1 N–H and O–H groups in total. The third kappa shape index (κ3) is 5.55. The van der Waals surface area contributed by atoms with E-state index in [4.69, 9.17) is 8.85 Å². The SMILES string of the molecule is CCCC=C=C1[C@H]([C@@H](O)CO[Si](C(C)C)(C(C)C)C(C)C)CO[Si]1(C(C)(C)C)C(C)(C)C. The molecule has 1 rings (SSSR count). The quantitative estimate of drug-likeness (QED) is 0.266. The second-order valence-corrected chi connectivity index (χ2v) is 23.5. The third-order valence-corrected chi connectivity index (χ3v) is 19.9. The zero-order valence-electron chi connectivity index (χ0n) is 23.6. The van der Waals surface area contributed by atoms with Crippen LogP contribution in [0.25, 0.3) is 0 Å². The Balaban J connectivity index is 3.41. The van der Waals surface area contributed by atoms with Crippen LogP contribution in [0.1, 0.15) is 103 Å². The lowest BCUT2D eigenvalue weighted by atomic mass is 10.0. The van der Waals surface area contributed by atoms with E-state index in [0.29, 0.717) is 29.8 Å². The lowest BCUT2D eigenvalue weighted by Gasteiger charge is -2.48. The first-order valence-electron chi connectivity index (χ1n) is 12.9. The van der Waals surface area contributed by atoms with Crippen molar-refractivity contribution in [2.45, 2.75) is 136 Å². The summed E-state index contributed by atoms with van der Waals surface area (Å²) in [5.41, 5.74) is 5.23. The second kappa shape index (κ2) is 11.1. The highest BCUT2D eigenvalue weighted by atomic mass is 28.4. The van der Waals surface area contributed by atoms with Crippen molar-refractivity contribution in [3.8, 4) is 0 Å². The Labute approximate surface area is 202 Å². The van der Waals surface area contributed by atoms with Crippen LogP contribution in [-0.2, 0) is 8.85 Å². The summed E-state index contributed by atoms with van der Waals surface area (Å²) in [4.78, 5) is 0. The van der Waals surface area contributed by atoms with Crippen LogP contribution < -0.4 is 0 Å². The van der Waals surface area contributed by atoms with Gasteiger partial charge in [-0.2, -0.15) is 0 Å². The molecule has 0 unspecified atom stereocenters. The second-order valence-electron chi connectivity index (χ2n) is 12.8. The van der Waals surface area contributed by atoms with E-state index in [1.54, 1.807) is 0 Å². The third-order valence-electron chi connectivity index (χ3n) is 7.71. The number of hydrogen-bond acceptors (Lipinski definition) is 3. The molecule has 0 aliphatic carbocycles. The number of aliphatic hydroxyl groups excluding tert-OH is 1. The minimum atomic E-state index is -2.41. The van der Waals surface area contributed by atoms with Gasteiger partial charge >= 0.3 is 0 Å². The lowest BCUT2D eigenvalue weighted by molar-refractivity contribution is 0.0540. The number of unbranched alkanes of at least 4 members (excludes halogenated alkanes) is 1. The van der Waals surface area contributed by atoms with Gasteiger partial charge in [-0.05, 0) is 44.4 Å². The van der Waals surface area contributed by atoms with Crippen LogP contribution >= 0.6 is 0 Å². The molecule has 0 aromatic heterocycles. The average molecular weight is 483 g/mol. The summed E-state index contributed by atoms with van der Waals surface area (Å²) < 4.78 is 13.6. The molecule has 188 valence electrons. The molecule has 0 bridgehead atoms. The van der Waals surface area contributed by atoms with Gasteiger partial charge in [-0.3, -0.25) is 0 Å². The highest BCUT2D eigenvalue weighted by molar-refractivity contribution is 6.86. The highest BCUT2D eigenvalue weighted by Crippen LogP contribution is 2.59. The minimum absolute atomic E-state index is 0.00920. The van der Waals surface area contributed by atoms with E-state index in [9.17, 15) is 5.11 Å². The zero-order chi connectivity index (χ0) is 25.1. The Morgan fingerprint density at radius 3 is 1.88 bits per heavy atom. The van der Waals surface area contributed by atoms with E-state index >= 15 is 0 Å². The summed E-state index contributed by atoms with van der Waals surface area (Å²) in [6.07, 6.45) is 3.72. The van der Waals surface area contributed by atoms with Gasteiger partial charge in [0.1, 0.15) is 0 Å². The van der Waals surface area contributed by atoms with Crippen molar-refractivity contribution < 1.29 is 14.0 Å². The molecule has 1 saturated heterocycles. The van der Waals surface area contributed by atoms with Crippen LogP contribution in [0.15, 0.2) is 17.0 Å². The molecule has 5 heteroatoms. The van der Waals surface area contributed by atoms with Crippen molar-refractivity contribution in [2.24, 2.45) is 5.92 Å². The molecule has 3 nitrogen and oxygen atoms in total. The Morgan fingerprint density at radius 2 is 1.50 bits per heavy atom. The first kappa shape index (κ1) is 29.9. The monoisotopic (exact) mass is 482 g/mol. The average Bonchev–Trinajstić information content (AvgIpc) is 3.02. The van der Waals surface area contributed by atoms with Crippen molar-refractivity contribution in [2.75, 3.05) is 13.2 Å². The van der Waals surface area contributed by atoms with Crippen LogP contribution in [0, 0.1) is 5.92 Å². The molecule has 1 heterocycles. The number of rotatable bonds is 9. The van der Waals surface area contributed by atoms with Crippen molar-refractivity contribution in [3.63, 3.8) is 0 Å². The van der Waals surface area contributed by atoms with Gasteiger partial charge in [0.25, 0.3) is 0 Å². The first-order valence-corrected chi connectivity index (χ1v) is 17.0. The Morgan fingerprint density at radius 1 is 1.03 bits per heavy atom. The van der Waals surface area contributed by atoms with E-state index in [0.717, 1.165) is 12.8 Å². The topological polar surface area (TPSA) is 38.7 Å². The molecule has 2 atom stereocenters. The summed E-state index contributed by atoms with van der Waals surface area (Å²) in [5.74, 6) is -0.0357. The first-order chi connectivity index (χ1) is 14.5. The maximum absolute atomic E-state index is 11.5. The van der Waals surface area contributed by atoms with Crippen LogP contribution in [-0.4, -0.2) is 41.1 Å². The lowest BCUT2D eigenvalue weighted by Crippen LogP contribution is -2.54. The summed E-state index contributed by atoms with van der Waals surface area (Å²) in [7, 11) is -4.44. The maximum Gasteiger partial charge on any atom is 0.238 e. The maximum atomic E-state index is 11.5. The fourth-order valence-corrected chi connectivity index (χ4v) is 18.6. The molecular formula is C27H54O3Si2. The molecular weight excluding hydrogens is 428 g/mol. The molecule has 1 fully saturated rings. The van der Waals surface area contributed by atoms with E-state index in [1.165, 1.54) is 5.20 Å². The zero-order valence-corrected chi connectivity index (χ0v) is 25.6. The van der Waals surface area contributed by atoms with Crippen LogP contribution in [0.5, 0.6) is 0 Å². The Hall–Kier alpha value is -0.166. The molecule has 0 aromatic carbocycles. The van der Waals surface area contributed by atoms with Gasteiger partial charge < -0.3 is 14.0 Å².